The van der Waals surface area contributed by atoms with Gasteiger partial charge in [-0.2, -0.15) is 4.37 Å². The van der Waals surface area contributed by atoms with Gasteiger partial charge in [0.1, 0.15) is 10.7 Å². The van der Waals surface area contributed by atoms with Gasteiger partial charge in [-0.15, -0.1) is 0 Å². The van der Waals surface area contributed by atoms with Crippen LogP contribution in [0.2, 0.25) is 0 Å². The van der Waals surface area contributed by atoms with Crippen LogP contribution in [0.25, 0.3) is 22.5 Å². The van der Waals surface area contributed by atoms with Crippen LogP contribution in [0.5, 0.6) is 0 Å². The molecule has 0 aliphatic rings. The van der Waals surface area contributed by atoms with E-state index in [1.54, 1.807) is 36.9 Å². The lowest BCUT2D eigenvalue weighted by atomic mass is 10.2. The highest BCUT2D eigenvalue weighted by atomic mass is 32.1. The number of nitrogens with one attached hydrogen (secondary N) is 1. The number of furan rings is 1. The van der Waals surface area contributed by atoms with Crippen molar-refractivity contribution in [3.05, 3.63) is 54.6 Å². The zero-order valence-electron chi connectivity index (χ0n) is 13.9. The number of carbonyl (C=O) groups excluding carboxylic acids is 1. The van der Waals surface area contributed by atoms with E-state index in [0.717, 1.165) is 24.0 Å². The number of amides is 1. The Bertz CT molecular complexity index is 1040. The van der Waals surface area contributed by atoms with Crippen LogP contribution < -0.4 is 11.1 Å². The molecule has 0 fully saturated rings. The number of fused-ring (bicyclic) bond motifs is 1. The Morgan fingerprint density at radius 2 is 2.23 bits per heavy atom. The molecular formula is C18H17N5O2S. The summed E-state index contributed by atoms with van der Waals surface area (Å²) in [6.07, 6.45) is 4.26. The smallest absolute Gasteiger partial charge is 0.256 e. The summed E-state index contributed by atoms with van der Waals surface area (Å²) in [5.74, 6) is 0.476. The molecule has 3 aromatic heterocycles. The van der Waals surface area contributed by atoms with Gasteiger partial charge in [-0.25, -0.2) is 4.98 Å². The van der Waals surface area contributed by atoms with Crippen molar-refractivity contribution < 1.29 is 9.21 Å². The second kappa shape index (κ2) is 7.11. The summed E-state index contributed by atoms with van der Waals surface area (Å²) >= 11 is 1.21. The van der Waals surface area contributed by atoms with Gasteiger partial charge in [0.25, 0.3) is 5.91 Å². The maximum atomic E-state index is 12.5. The average molecular weight is 367 g/mol. The maximum Gasteiger partial charge on any atom is 0.256 e. The fourth-order valence-corrected chi connectivity index (χ4v) is 3.35. The zero-order valence-corrected chi connectivity index (χ0v) is 14.7. The van der Waals surface area contributed by atoms with Gasteiger partial charge in [0.15, 0.2) is 5.76 Å². The van der Waals surface area contributed by atoms with Crippen LogP contribution in [0.1, 0.15) is 16.8 Å². The minimum absolute atomic E-state index is 0.196. The van der Waals surface area contributed by atoms with Gasteiger partial charge in [0.05, 0.1) is 23.6 Å². The van der Waals surface area contributed by atoms with Crippen LogP contribution in [0.15, 0.2) is 53.4 Å². The molecule has 4 rings (SSSR count). The number of hydrogen-bond donors (Lipinski definition) is 2. The molecule has 0 aliphatic carbocycles. The first-order valence-electron chi connectivity index (χ1n) is 8.21. The molecule has 26 heavy (non-hydrogen) atoms. The summed E-state index contributed by atoms with van der Waals surface area (Å²) in [5, 5.41) is 3.53. The topological polar surface area (TPSA) is 99.0 Å². The molecule has 3 heterocycles. The van der Waals surface area contributed by atoms with Crippen LogP contribution in [0, 0.1) is 0 Å². The number of nitrogens with two attached hydrogens (primary N) is 1. The van der Waals surface area contributed by atoms with Gasteiger partial charge in [-0.05, 0) is 54.8 Å². The first kappa shape index (κ1) is 16.5. The molecule has 1 amide bonds. The normalized spacial score (nSPS) is 11.1. The Kier molecular flexibility index (Phi) is 4.51. The predicted molar refractivity (Wildman–Crippen MR) is 101 cm³/mol. The van der Waals surface area contributed by atoms with E-state index in [4.69, 9.17) is 10.2 Å². The van der Waals surface area contributed by atoms with Crippen molar-refractivity contribution in [1.29, 1.82) is 0 Å². The van der Waals surface area contributed by atoms with Crippen molar-refractivity contribution in [3.8, 4) is 11.5 Å². The predicted octanol–water partition coefficient (Wildman–Crippen LogP) is 3.35. The summed E-state index contributed by atoms with van der Waals surface area (Å²) in [6, 6.07) is 10.9. The third kappa shape index (κ3) is 3.24. The molecular weight excluding hydrogens is 350 g/mol. The lowest BCUT2D eigenvalue weighted by molar-refractivity contribution is 0.102. The Labute approximate surface area is 153 Å². The molecule has 0 saturated heterocycles. The Hall–Kier alpha value is -2.97. The van der Waals surface area contributed by atoms with Crippen molar-refractivity contribution >= 4 is 33.5 Å². The summed E-state index contributed by atoms with van der Waals surface area (Å²) < 4.78 is 11.7. The molecule has 7 nitrogen and oxygen atoms in total. The number of carbonyl (C=O) groups is 1. The Balaban J connectivity index is 1.51. The molecule has 4 aromatic rings. The zero-order chi connectivity index (χ0) is 17.9. The van der Waals surface area contributed by atoms with Gasteiger partial charge in [0.2, 0.25) is 0 Å². The van der Waals surface area contributed by atoms with Crippen LogP contribution in [0.3, 0.4) is 0 Å². The molecule has 0 radical (unpaired) electrons. The van der Waals surface area contributed by atoms with Crippen LogP contribution in [-0.2, 0) is 6.54 Å². The quantitative estimate of drug-likeness (QED) is 0.544. The molecule has 0 bridgehead atoms. The molecule has 0 unspecified atom stereocenters. The standard InChI is InChI=1S/C18H17N5O2S/c19-6-2-7-23-11-20-13-9-12(4-5-15(13)23)18(24)21-17-10-14(22-26-17)16-3-1-8-25-16/h1,3-5,8-11H,2,6-7,19H2,(H,21,24). The van der Waals surface area contributed by atoms with Crippen molar-refractivity contribution in [2.45, 2.75) is 13.0 Å². The number of aryl methyl sites for hydroxylation is 1. The summed E-state index contributed by atoms with van der Waals surface area (Å²) in [6.45, 7) is 1.45. The number of hydrogen-bond acceptors (Lipinski definition) is 6. The summed E-state index contributed by atoms with van der Waals surface area (Å²) in [7, 11) is 0. The number of anilines is 1. The van der Waals surface area contributed by atoms with E-state index >= 15 is 0 Å². The molecule has 0 spiro atoms. The monoisotopic (exact) mass is 367 g/mol. The highest BCUT2D eigenvalue weighted by Gasteiger charge is 2.12. The van der Waals surface area contributed by atoms with Gasteiger partial charge in [-0.3, -0.25) is 4.79 Å². The molecule has 0 atom stereocenters. The van der Waals surface area contributed by atoms with Crippen molar-refractivity contribution in [3.63, 3.8) is 0 Å². The lowest BCUT2D eigenvalue weighted by Crippen LogP contribution is -2.10. The van der Waals surface area contributed by atoms with E-state index in [-0.39, 0.29) is 5.91 Å². The molecule has 132 valence electrons. The number of imidazole rings is 1. The maximum absolute atomic E-state index is 12.5. The first-order chi connectivity index (χ1) is 12.7. The van der Waals surface area contributed by atoms with Crippen molar-refractivity contribution in [2.24, 2.45) is 5.73 Å². The minimum atomic E-state index is -0.196. The summed E-state index contributed by atoms with van der Waals surface area (Å²) in [5.41, 5.74) is 8.59. The molecule has 0 saturated carbocycles. The molecule has 0 aliphatic heterocycles. The fourth-order valence-electron chi connectivity index (χ4n) is 2.70. The molecule has 8 heteroatoms. The SMILES string of the molecule is NCCCn1cnc2cc(C(=O)Nc3cc(-c4ccco4)ns3)ccc21. The number of rotatable bonds is 6. The van der Waals surface area contributed by atoms with E-state index in [1.807, 2.05) is 16.7 Å². The highest BCUT2D eigenvalue weighted by Crippen LogP contribution is 2.26. The second-order valence-corrected chi connectivity index (χ2v) is 6.60. The van der Waals surface area contributed by atoms with Crippen molar-refractivity contribution in [1.82, 2.24) is 13.9 Å². The highest BCUT2D eigenvalue weighted by molar-refractivity contribution is 7.10. The Morgan fingerprint density at radius 1 is 1.31 bits per heavy atom. The number of benzene rings is 1. The molecule has 1 aromatic carbocycles. The third-order valence-electron chi connectivity index (χ3n) is 4.01. The van der Waals surface area contributed by atoms with E-state index in [9.17, 15) is 4.79 Å². The molecule has 3 N–H and O–H groups in total. The van der Waals surface area contributed by atoms with E-state index in [2.05, 4.69) is 14.7 Å². The number of nitrogens with zero attached hydrogens (tertiary/aromatic N) is 3. The van der Waals surface area contributed by atoms with Crippen LogP contribution >= 0.6 is 11.5 Å². The van der Waals surface area contributed by atoms with E-state index in [0.29, 0.717) is 28.6 Å². The fraction of sp³-hybridized carbons (Fsp3) is 0.167. The summed E-state index contributed by atoms with van der Waals surface area (Å²) in [4.78, 5) is 16.9. The van der Waals surface area contributed by atoms with Crippen LogP contribution in [-0.4, -0.2) is 26.4 Å². The van der Waals surface area contributed by atoms with Crippen molar-refractivity contribution in [2.75, 3.05) is 11.9 Å². The first-order valence-corrected chi connectivity index (χ1v) is 8.99. The van der Waals surface area contributed by atoms with E-state index in [1.165, 1.54) is 11.5 Å². The van der Waals surface area contributed by atoms with E-state index < -0.39 is 0 Å². The minimum Gasteiger partial charge on any atom is -0.463 e. The van der Waals surface area contributed by atoms with Gasteiger partial charge in [0, 0.05) is 18.2 Å². The largest absolute Gasteiger partial charge is 0.463 e. The third-order valence-corrected chi connectivity index (χ3v) is 4.71. The van der Waals surface area contributed by atoms with Crippen LogP contribution in [0.4, 0.5) is 5.00 Å². The van der Waals surface area contributed by atoms with Gasteiger partial charge in [-0.1, -0.05) is 0 Å². The Morgan fingerprint density at radius 3 is 3.04 bits per heavy atom. The lowest BCUT2D eigenvalue weighted by Gasteiger charge is -2.04. The number of aromatic nitrogens is 3. The second-order valence-electron chi connectivity index (χ2n) is 5.79. The average Bonchev–Trinajstić information content (AvgIpc) is 3.39. The van der Waals surface area contributed by atoms with Gasteiger partial charge < -0.3 is 20.0 Å². The van der Waals surface area contributed by atoms with Gasteiger partial charge >= 0.3 is 0 Å².